The second-order valence-electron chi connectivity index (χ2n) is 15.4. The van der Waals surface area contributed by atoms with E-state index in [1.54, 1.807) is 0 Å². The van der Waals surface area contributed by atoms with Crippen molar-refractivity contribution in [2.75, 3.05) is 4.90 Å². The molecule has 54 heavy (non-hydrogen) atoms. The predicted molar refractivity (Wildman–Crippen MR) is 227 cm³/mol. The molecule has 2 aliphatic rings. The molecule has 0 saturated carbocycles. The van der Waals surface area contributed by atoms with E-state index < -0.39 is 0 Å². The summed E-state index contributed by atoms with van der Waals surface area (Å²) in [5, 5.41) is 0. The number of benzene rings is 8. The van der Waals surface area contributed by atoms with Crippen molar-refractivity contribution in [2.45, 2.75) is 31.6 Å². The van der Waals surface area contributed by atoms with E-state index in [1.165, 1.54) is 78.0 Å². The topological polar surface area (TPSA) is 3.24 Å². The van der Waals surface area contributed by atoms with Crippen LogP contribution in [-0.4, -0.2) is 0 Å². The van der Waals surface area contributed by atoms with Gasteiger partial charge in [-0.05, 0) is 92.4 Å². The van der Waals surface area contributed by atoms with Crippen LogP contribution < -0.4 is 4.90 Å². The van der Waals surface area contributed by atoms with Gasteiger partial charge in [0.25, 0.3) is 0 Å². The fourth-order valence-corrected chi connectivity index (χ4v) is 9.52. The quantitative estimate of drug-likeness (QED) is 0.168. The van der Waals surface area contributed by atoms with E-state index in [4.69, 9.17) is 0 Å². The van der Waals surface area contributed by atoms with E-state index in [0.29, 0.717) is 0 Å². The van der Waals surface area contributed by atoms with Crippen LogP contribution >= 0.6 is 0 Å². The smallest absolute Gasteiger partial charge is 0.0546 e. The van der Waals surface area contributed by atoms with Gasteiger partial charge in [-0.2, -0.15) is 0 Å². The van der Waals surface area contributed by atoms with Crippen LogP contribution in [0.25, 0.3) is 44.5 Å². The molecule has 0 fully saturated rings. The lowest BCUT2D eigenvalue weighted by Gasteiger charge is -2.33. The van der Waals surface area contributed by atoms with Crippen molar-refractivity contribution >= 4 is 17.1 Å². The van der Waals surface area contributed by atoms with Gasteiger partial charge >= 0.3 is 0 Å². The SMILES string of the molecule is CC1(C)c2ccccc2-c2c(N(c3ccc4c(c3)C(C)(c3ccccc3)c3ccccc3-4)c3cccc(-c4ccccc4)c3-c3ccccc3)cccc21. The second-order valence-corrected chi connectivity index (χ2v) is 15.4. The van der Waals surface area contributed by atoms with Gasteiger partial charge < -0.3 is 4.90 Å². The lowest BCUT2D eigenvalue weighted by atomic mass is 9.74. The largest absolute Gasteiger partial charge is 0.309 e. The van der Waals surface area contributed by atoms with Crippen LogP contribution in [0.2, 0.25) is 0 Å². The van der Waals surface area contributed by atoms with Gasteiger partial charge in [0.1, 0.15) is 0 Å². The number of rotatable bonds is 6. The van der Waals surface area contributed by atoms with Crippen LogP contribution in [0, 0.1) is 0 Å². The summed E-state index contributed by atoms with van der Waals surface area (Å²) in [6, 6.07) is 71.7. The van der Waals surface area contributed by atoms with E-state index in [2.05, 4.69) is 220 Å². The average Bonchev–Trinajstić information content (AvgIpc) is 3.63. The van der Waals surface area contributed by atoms with Crippen LogP contribution in [0.15, 0.2) is 194 Å². The van der Waals surface area contributed by atoms with E-state index >= 15 is 0 Å². The fourth-order valence-electron chi connectivity index (χ4n) is 9.52. The van der Waals surface area contributed by atoms with Gasteiger partial charge in [-0.25, -0.2) is 0 Å². The molecule has 1 atom stereocenters. The summed E-state index contributed by atoms with van der Waals surface area (Å²) >= 11 is 0. The molecule has 0 amide bonds. The molecule has 10 rings (SSSR count). The lowest BCUT2D eigenvalue weighted by Crippen LogP contribution is -2.23. The van der Waals surface area contributed by atoms with E-state index in [1.807, 2.05) is 0 Å². The summed E-state index contributed by atoms with van der Waals surface area (Å²) in [6.07, 6.45) is 0. The van der Waals surface area contributed by atoms with E-state index in [9.17, 15) is 0 Å². The van der Waals surface area contributed by atoms with Gasteiger partial charge in [-0.15, -0.1) is 0 Å². The Morgan fingerprint density at radius 3 is 1.59 bits per heavy atom. The maximum Gasteiger partial charge on any atom is 0.0546 e. The Morgan fingerprint density at radius 2 is 0.870 bits per heavy atom. The number of hydrogen-bond acceptors (Lipinski definition) is 1. The molecule has 8 aromatic carbocycles. The number of nitrogens with zero attached hydrogens (tertiary/aromatic N) is 1. The third-order valence-electron chi connectivity index (χ3n) is 12.2. The molecule has 0 spiro atoms. The molecule has 258 valence electrons. The molecule has 1 unspecified atom stereocenters. The van der Waals surface area contributed by atoms with E-state index in [-0.39, 0.29) is 10.8 Å². The number of fused-ring (bicyclic) bond motifs is 6. The van der Waals surface area contributed by atoms with Crippen molar-refractivity contribution in [3.05, 3.63) is 222 Å². The molecular formula is C53H41N. The van der Waals surface area contributed by atoms with Gasteiger partial charge in [0.2, 0.25) is 0 Å². The van der Waals surface area contributed by atoms with Gasteiger partial charge in [-0.1, -0.05) is 184 Å². The fraction of sp³-hybridized carbons (Fsp3) is 0.0943. The van der Waals surface area contributed by atoms with Crippen molar-refractivity contribution in [2.24, 2.45) is 0 Å². The molecule has 0 N–H and O–H groups in total. The highest BCUT2D eigenvalue weighted by Crippen LogP contribution is 2.58. The van der Waals surface area contributed by atoms with Gasteiger partial charge in [-0.3, -0.25) is 0 Å². The van der Waals surface area contributed by atoms with Crippen LogP contribution in [0.3, 0.4) is 0 Å². The molecule has 1 nitrogen and oxygen atoms in total. The zero-order valence-corrected chi connectivity index (χ0v) is 30.9. The van der Waals surface area contributed by atoms with Gasteiger partial charge in [0.15, 0.2) is 0 Å². The Labute approximate surface area is 318 Å². The maximum absolute atomic E-state index is 2.56. The highest BCUT2D eigenvalue weighted by atomic mass is 15.1. The maximum atomic E-state index is 2.56. The average molecular weight is 692 g/mol. The molecule has 0 saturated heterocycles. The van der Waals surface area contributed by atoms with Gasteiger partial charge in [0.05, 0.1) is 11.4 Å². The Balaban J connectivity index is 1.31. The summed E-state index contributed by atoms with van der Waals surface area (Å²) < 4.78 is 0. The molecule has 0 radical (unpaired) electrons. The lowest BCUT2D eigenvalue weighted by molar-refractivity contribution is 0.660. The van der Waals surface area contributed by atoms with Crippen molar-refractivity contribution in [1.82, 2.24) is 0 Å². The molecule has 0 bridgehead atoms. The molecular weight excluding hydrogens is 651 g/mol. The second kappa shape index (κ2) is 12.3. The third-order valence-corrected chi connectivity index (χ3v) is 12.2. The first kappa shape index (κ1) is 32.2. The predicted octanol–water partition coefficient (Wildman–Crippen LogP) is 14.1. The molecule has 0 aliphatic heterocycles. The van der Waals surface area contributed by atoms with Crippen molar-refractivity contribution in [1.29, 1.82) is 0 Å². The summed E-state index contributed by atoms with van der Waals surface area (Å²) in [5.41, 5.74) is 19.7. The normalized spacial score (nSPS) is 15.9. The van der Waals surface area contributed by atoms with Gasteiger partial charge in [0, 0.05) is 27.6 Å². The van der Waals surface area contributed by atoms with Crippen LogP contribution in [0.4, 0.5) is 17.1 Å². The highest BCUT2D eigenvalue weighted by Gasteiger charge is 2.42. The van der Waals surface area contributed by atoms with Crippen LogP contribution in [-0.2, 0) is 10.8 Å². The highest BCUT2D eigenvalue weighted by molar-refractivity contribution is 6.01. The first-order chi connectivity index (χ1) is 26.5. The molecule has 0 heterocycles. The third kappa shape index (κ3) is 4.71. The summed E-state index contributed by atoms with van der Waals surface area (Å²) in [5.74, 6) is 0. The first-order valence-electron chi connectivity index (χ1n) is 19.0. The molecule has 8 aromatic rings. The minimum absolute atomic E-state index is 0.132. The summed E-state index contributed by atoms with van der Waals surface area (Å²) in [6.45, 7) is 7.15. The van der Waals surface area contributed by atoms with Crippen LogP contribution in [0.5, 0.6) is 0 Å². The zero-order chi connectivity index (χ0) is 36.4. The molecule has 1 heteroatoms. The Morgan fingerprint density at radius 1 is 0.352 bits per heavy atom. The minimum Gasteiger partial charge on any atom is -0.309 e. The monoisotopic (exact) mass is 691 g/mol. The van der Waals surface area contributed by atoms with Crippen molar-refractivity contribution in [3.8, 4) is 44.5 Å². The first-order valence-corrected chi connectivity index (χ1v) is 19.0. The summed E-state index contributed by atoms with van der Waals surface area (Å²) in [4.78, 5) is 2.56. The summed E-state index contributed by atoms with van der Waals surface area (Å²) in [7, 11) is 0. The Bertz CT molecular complexity index is 2690. The molecule has 0 aromatic heterocycles. The van der Waals surface area contributed by atoms with E-state index in [0.717, 1.165) is 11.4 Å². The van der Waals surface area contributed by atoms with Crippen molar-refractivity contribution in [3.63, 3.8) is 0 Å². The number of anilines is 3. The standard InChI is InChI=1S/C53H41N/c1-52(2)44-28-15-14-26-43(44)51-46(52)30-18-32-49(51)54(48-31-17-27-40(36-19-7-4-8-20-36)50(48)37-21-9-5-10-22-37)39-33-34-42-41-25-13-16-29-45(41)53(3,47(42)35-39)38-23-11-6-12-24-38/h4-35H,1-3H3. The van der Waals surface area contributed by atoms with Crippen molar-refractivity contribution < 1.29 is 0 Å². The Kier molecular flexibility index (Phi) is 7.35. The Hall–Kier alpha value is -6.44. The molecule has 2 aliphatic carbocycles. The minimum atomic E-state index is -0.323. The number of hydrogen-bond donors (Lipinski definition) is 0. The zero-order valence-electron chi connectivity index (χ0n) is 30.9. The van der Waals surface area contributed by atoms with Crippen LogP contribution in [0.1, 0.15) is 48.6 Å².